The van der Waals surface area contributed by atoms with E-state index in [1.807, 2.05) is 37.5 Å². The van der Waals surface area contributed by atoms with E-state index in [1.54, 1.807) is 18.0 Å². The molecule has 5 rings (SSSR count). The van der Waals surface area contributed by atoms with E-state index in [4.69, 9.17) is 9.72 Å². The van der Waals surface area contributed by atoms with Crippen LogP contribution >= 0.6 is 0 Å². The van der Waals surface area contributed by atoms with Gasteiger partial charge in [-0.25, -0.2) is 4.98 Å². The molecule has 0 bridgehead atoms. The second-order valence-electron chi connectivity index (χ2n) is 7.08. The van der Waals surface area contributed by atoms with Crippen LogP contribution < -0.4 is 4.74 Å². The lowest BCUT2D eigenvalue weighted by atomic mass is 9.79. The van der Waals surface area contributed by atoms with Crippen molar-refractivity contribution >= 4 is 11.0 Å². The lowest BCUT2D eigenvalue weighted by Crippen LogP contribution is -2.25. The molecule has 0 saturated heterocycles. The van der Waals surface area contributed by atoms with Crippen LogP contribution in [0.3, 0.4) is 0 Å². The second-order valence-corrected chi connectivity index (χ2v) is 7.08. The van der Waals surface area contributed by atoms with Crippen molar-refractivity contribution in [2.75, 3.05) is 7.11 Å². The van der Waals surface area contributed by atoms with Gasteiger partial charge in [0.15, 0.2) is 0 Å². The zero-order valence-electron chi connectivity index (χ0n) is 15.6. The first-order valence-electron chi connectivity index (χ1n) is 9.08. The molecule has 0 amide bonds. The fourth-order valence-corrected chi connectivity index (χ4v) is 4.16. The Balaban J connectivity index is 1.78. The number of nitrogens with one attached hydrogen (secondary N) is 1. The van der Waals surface area contributed by atoms with Crippen LogP contribution in [0.5, 0.6) is 5.75 Å². The van der Waals surface area contributed by atoms with Gasteiger partial charge in [-0.05, 0) is 24.0 Å². The number of fused-ring (bicyclic) bond motifs is 2. The topological polar surface area (TPSA) is 92.4 Å². The summed E-state index contributed by atoms with van der Waals surface area (Å²) in [7, 11) is 3.47. The third kappa shape index (κ3) is 2.18. The van der Waals surface area contributed by atoms with Gasteiger partial charge >= 0.3 is 0 Å². The van der Waals surface area contributed by atoms with Crippen molar-refractivity contribution in [3.63, 3.8) is 0 Å². The molecule has 3 aromatic heterocycles. The van der Waals surface area contributed by atoms with E-state index in [2.05, 4.69) is 27.4 Å². The molecular weight excluding hydrogens is 352 g/mol. The molecule has 1 aliphatic carbocycles. The lowest BCUT2D eigenvalue weighted by molar-refractivity contribution is 0.399. The Bertz CT molecular complexity index is 1250. The summed E-state index contributed by atoms with van der Waals surface area (Å²) in [5.41, 5.74) is 5.06. The predicted molar refractivity (Wildman–Crippen MR) is 104 cm³/mol. The lowest BCUT2D eigenvalue weighted by Gasteiger charge is -2.24. The molecule has 138 valence electrons. The third-order valence-electron chi connectivity index (χ3n) is 5.54. The molecule has 7 heteroatoms. The van der Waals surface area contributed by atoms with Crippen LogP contribution in [0, 0.1) is 11.3 Å². The van der Waals surface area contributed by atoms with Crippen LogP contribution in [0.15, 0.2) is 42.7 Å². The van der Waals surface area contributed by atoms with Crippen LogP contribution in [0.2, 0.25) is 0 Å². The van der Waals surface area contributed by atoms with Crippen LogP contribution in [0.25, 0.3) is 22.3 Å². The number of H-pyrrole nitrogens is 1. The number of aromatic nitrogens is 5. The van der Waals surface area contributed by atoms with Gasteiger partial charge in [0.1, 0.15) is 28.1 Å². The first-order valence-corrected chi connectivity index (χ1v) is 9.08. The highest BCUT2D eigenvalue weighted by molar-refractivity contribution is 5.90. The van der Waals surface area contributed by atoms with Gasteiger partial charge in [-0.1, -0.05) is 24.3 Å². The van der Waals surface area contributed by atoms with Gasteiger partial charge in [0.05, 0.1) is 24.9 Å². The van der Waals surface area contributed by atoms with Crippen LogP contribution in [-0.4, -0.2) is 32.1 Å². The van der Waals surface area contributed by atoms with Crippen molar-refractivity contribution in [1.29, 1.82) is 5.26 Å². The summed E-state index contributed by atoms with van der Waals surface area (Å²) in [6.07, 6.45) is 5.17. The Morgan fingerprint density at radius 2 is 2.18 bits per heavy atom. The molecule has 7 nitrogen and oxygen atoms in total. The Morgan fingerprint density at radius 3 is 2.93 bits per heavy atom. The summed E-state index contributed by atoms with van der Waals surface area (Å²) in [5, 5.41) is 22.0. The molecule has 0 saturated carbocycles. The number of nitriles is 1. The first-order chi connectivity index (χ1) is 13.7. The molecule has 1 N–H and O–H groups in total. The smallest absolute Gasteiger partial charge is 0.144 e. The first kappa shape index (κ1) is 16.5. The summed E-state index contributed by atoms with van der Waals surface area (Å²) in [5.74, 6) is 0.590. The van der Waals surface area contributed by atoms with Gasteiger partial charge in [-0.15, -0.1) is 0 Å². The van der Waals surface area contributed by atoms with E-state index in [9.17, 15) is 5.26 Å². The average molecular weight is 370 g/mol. The monoisotopic (exact) mass is 370 g/mol. The third-order valence-corrected chi connectivity index (χ3v) is 5.54. The van der Waals surface area contributed by atoms with Crippen molar-refractivity contribution in [3.8, 4) is 23.1 Å². The number of nitrogens with zero attached hydrogens (tertiary/aromatic N) is 5. The van der Waals surface area contributed by atoms with E-state index in [-0.39, 0.29) is 0 Å². The highest BCUT2D eigenvalue weighted by Crippen LogP contribution is 2.46. The molecule has 1 aliphatic rings. The number of benzene rings is 1. The molecule has 1 atom stereocenters. The van der Waals surface area contributed by atoms with Crippen molar-refractivity contribution in [1.82, 2.24) is 25.0 Å². The fraction of sp³-hybridized carbons (Fsp3) is 0.238. The Hall–Kier alpha value is -3.66. The molecule has 0 fully saturated rings. The van der Waals surface area contributed by atoms with E-state index in [0.717, 1.165) is 23.1 Å². The van der Waals surface area contributed by atoms with Gasteiger partial charge in [-0.2, -0.15) is 15.5 Å². The normalized spacial score (nSPS) is 18.2. The van der Waals surface area contributed by atoms with Crippen molar-refractivity contribution in [3.05, 3.63) is 59.5 Å². The number of rotatable bonds is 3. The number of methoxy groups -OCH3 is 1. The fourth-order valence-electron chi connectivity index (χ4n) is 4.16. The summed E-state index contributed by atoms with van der Waals surface area (Å²) >= 11 is 0. The maximum absolute atomic E-state index is 10.3. The molecule has 28 heavy (non-hydrogen) atoms. The summed E-state index contributed by atoms with van der Waals surface area (Å²) in [6.45, 7) is 0. The van der Waals surface area contributed by atoms with Crippen LogP contribution in [-0.2, 0) is 18.9 Å². The Morgan fingerprint density at radius 1 is 1.32 bits per heavy atom. The highest BCUT2D eigenvalue weighted by Gasteiger charge is 2.44. The number of aryl methyl sites for hydroxylation is 2. The van der Waals surface area contributed by atoms with E-state index < -0.39 is 5.41 Å². The molecule has 1 aromatic carbocycles. The minimum absolute atomic E-state index is 0.590. The Labute approximate surface area is 161 Å². The van der Waals surface area contributed by atoms with E-state index in [1.165, 1.54) is 5.56 Å². The van der Waals surface area contributed by atoms with Crippen LogP contribution in [0.4, 0.5) is 0 Å². The molecule has 1 unspecified atom stereocenters. The number of ether oxygens (including phenoxy) is 1. The quantitative estimate of drug-likeness (QED) is 0.598. The molecule has 4 aromatic rings. The molecule has 0 radical (unpaired) electrons. The van der Waals surface area contributed by atoms with Gasteiger partial charge in [-0.3, -0.25) is 9.78 Å². The van der Waals surface area contributed by atoms with Gasteiger partial charge in [0.25, 0.3) is 0 Å². The SMILES string of the molecule is COc1cc2[nH]nc(-c3cnn(C)c3)c2nc1C1(C#N)CCc2ccccc21. The van der Waals surface area contributed by atoms with E-state index >= 15 is 0 Å². The van der Waals surface area contributed by atoms with Gasteiger partial charge in [0, 0.05) is 24.9 Å². The molecule has 0 aliphatic heterocycles. The highest BCUT2D eigenvalue weighted by atomic mass is 16.5. The zero-order valence-corrected chi connectivity index (χ0v) is 15.6. The minimum Gasteiger partial charge on any atom is -0.495 e. The molecular formula is C21H18N6O. The average Bonchev–Trinajstić information content (AvgIpc) is 3.43. The van der Waals surface area contributed by atoms with Crippen LogP contribution in [0.1, 0.15) is 23.2 Å². The number of pyridine rings is 1. The number of hydrogen-bond acceptors (Lipinski definition) is 5. The predicted octanol–water partition coefficient (Wildman–Crippen LogP) is 3.12. The number of hydrogen-bond donors (Lipinski definition) is 1. The maximum Gasteiger partial charge on any atom is 0.144 e. The van der Waals surface area contributed by atoms with E-state index in [0.29, 0.717) is 29.1 Å². The molecule has 0 spiro atoms. The summed E-state index contributed by atoms with van der Waals surface area (Å²) < 4.78 is 7.38. The van der Waals surface area contributed by atoms with Gasteiger partial charge < -0.3 is 4.74 Å². The van der Waals surface area contributed by atoms with Gasteiger partial charge in [0.2, 0.25) is 0 Å². The zero-order chi connectivity index (χ0) is 19.3. The second kappa shape index (κ2) is 5.92. The largest absolute Gasteiger partial charge is 0.495 e. The maximum atomic E-state index is 10.3. The summed E-state index contributed by atoms with van der Waals surface area (Å²) in [6, 6.07) is 12.5. The van der Waals surface area contributed by atoms with Crippen molar-refractivity contribution < 1.29 is 4.74 Å². The summed E-state index contributed by atoms with van der Waals surface area (Å²) in [4.78, 5) is 4.94. The standard InChI is InChI=1S/C21H18N6O/c1-27-11-14(10-23-27)18-19-16(25-26-18)9-17(28-2)20(24-19)21(12-22)8-7-13-5-3-4-6-15(13)21/h3-6,9-11H,7-8H2,1-2H3,(H,25,26). The van der Waals surface area contributed by atoms with Crippen molar-refractivity contribution in [2.45, 2.75) is 18.3 Å². The Kier molecular flexibility index (Phi) is 3.49. The molecule has 3 heterocycles. The number of aromatic amines is 1. The minimum atomic E-state index is -0.834. The van der Waals surface area contributed by atoms with Crippen molar-refractivity contribution in [2.24, 2.45) is 7.05 Å².